The second-order valence-corrected chi connectivity index (χ2v) is 8.37. The molecule has 0 aliphatic heterocycles. The van der Waals surface area contributed by atoms with Gasteiger partial charge in [0.05, 0.1) is 31.9 Å². The number of rotatable bonds is 7. The monoisotopic (exact) mass is 431 g/mol. The number of benzene rings is 1. The van der Waals surface area contributed by atoms with Crippen LogP contribution in [0, 0.1) is 13.8 Å². The number of anilines is 1. The number of nitrogens with zero attached hydrogens (tertiary/aromatic N) is 1. The summed E-state index contributed by atoms with van der Waals surface area (Å²) in [6.07, 6.45) is 0.0952. The van der Waals surface area contributed by atoms with E-state index in [2.05, 4.69) is 10.3 Å². The third-order valence-corrected chi connectivity index (χ3v) is 6.47. The van der Waals surface area contributed by atoms with Crippen LogP contribution >= 0.6 is 22.7 Å². The van der Waals surface area contributed by atoms with Gasteiger partial charge in [-0.3, -0.25) is 9.59 Å². The molecule has 0 fully saturated rings. The molecule has 9 heteroatoms. The summed E-state index contributed by atoms with van der Waals surface area (Å²) in [5.74, 6) is 0.450. The van der Waals surface area contributed by atoms with E-state index >= 15 is 0 Å². The number of thiophene rings is 1. The van der Waals surface area contributed by atoms with Gasteiger partial charge in [0.25, 0.3) is 5.91 Å². The summed E-state index contributed by atoms with van der Waals surface area (Å²) in [4.78, 5) is 29.7. The molecule has 0 radical (unpaired) electrons. The smallest absolute Gasteiger partial charge is 0.251 e. The predicted molar refractivity (Wildman–Crippen MR) is 115 cm³/mol. The van der Waals surface area contributed by atoms with Gasteiger partial charge in [-0.15, -0.1) is 22.7 Å². The lowest BCUT2D eigenvalue weighted by molar-refractivity contribution is -0.115. The zero-order chi connectivity index (χ0) is 21.1. The number of methoxy groups -OCH3 is 2. The molecule has 152 valence electrons. The number of hydrogen-bond acceptors (Lipinski definition) is 7. The summed E-state index contributed by atoms with van der Waals surface area (Å²) in [6, 6.07) is 5.55. The number of aromatic nitrogens is 1. The first-order valence-corrected chi connectivity index (χ1v) is 10.4. The molecule has 0 bridgehead atoms. The first-order valence-electron chi connectivity index (χ1n) is 8.70. The molecule has 0 aliphatic carbocycles. The van der Waals surface area contributed by atoms with E-state index in [9.17, 15) is 9.59 Å². The number of ether oxygens (including phenoxy) is 2. The van der Waals surface area contributed by atoms with Crippen molar-refractivity contribution in [3.8, 4) is 22.1 Å². The highest BCUT2D eigenvalue weighted by molar-refractivity contribution is 7.16. The Bertz CT molecular complexity index is 1070. The van der Waals surface area contributed by atoms with Gasteiger partial charge < -0.3 is 20.5 Å². The molecular weight excluding hydrogens is 410 g/mol. The van der Waals surface area contributed by atoms with E-state index in [-0.39, 0.29) is 12.3 Å². The van der Waals surface area contributed by atoms with Gasteiger partial charge in [-0.05, 0) is 37.6 Å². The van der Waals surface area contributed by atoms with Crippen molar-refractivity contribution in [3.63, 3.8) is 0 Å². The summed E-state index contributed by atoms with van der Waals surface area (Å²) in [6.45, 7) is 3.70. The Morgan fingerprint density at radius 1 is 1.17 bits per heavy atom. The highest BCUT2D eigenvalue weighted by Gasteiger charge is 2.19. The molecule has 3 aromatic rings. The van der Waals surface area contributed by atoms with Crippen LogP contribution in [-0.4, -0.2) is 31.0 Å². The normalized spacial score (nSPS) is 10.6. The lowest BCUT2D eigenvalue weighted by atomic mass is 10.1. The minimum absolute atomic E-state index is 0.0952. The SMILES string of the molecule is COc1ccc(-c2nc(CC(=O)Nc3sc(C)c(C)c3C(N)=O)cs2)cc1OC. The maximum absolute atomic E-state index is 12.5. The molecule has 0 spiro atoms. The Morgan fingerprint density at radius 3 is 2.55 bits per heavy atom. The second-order valence-electron chi connectivity index (χ2n) is 6.29. The van der Waals surface area contributed by atoms with E-state index in [4.69, 9.17) is 15.2 Å². The number of carbonyl (C=O) groups excluding carboxylic acids is 2. The van der Waals surface area contributed by atoms with Crippen molar-refractivity contribution in [2.75, 3.05) is 19.5 Å². The quantitative estimate of drug-likeness (QED) is 0.592. The van der Waals surface area contributed by atoms with Crippen LogP contribution < -0.4 is 20.5 Å². The lowest BCUT2D eigenvalue weighted by Gasteiger charge is -2.08. The van der Waals surface area contributed by atoms with E-state index in [1.54, 1.807) is 14.2 Å². The third kappa shape index (κ3) is 4.41. The maximum atomic E-state index is 12.5. The van der Waals surface area contributed by atoms with Crippen molar-refractivity contribution < 1.29 is 19.1 Å². The van der Waals surface area contributed by atoms with Gasteiger partial charge in [0, 0.05) is 15.8 Å². The van der Waals surface area contributed by atoms with Gasteiger partial charge in [-0.25, -0.2) is 4.98 Å². The van der Waals surface area contributed by atoms with Crippen molar-refractivity contribution in [1.29, 1.82) is 0 Å². The lowest BCUT2D eigenvalue weighted by Crippen LogP contribution is -2.18. The van der Waals surface area contributed by atoms with Crippen molar-refractivity contribution in [3.05, 3.63) is 45.3 Å². The van der Waals surface area contributed by atoms with Crippen LogP contribution in [0.5, 0.6) is 11.5 Å². The van der Waals surface area contributed by atoms with Gasteiger partial charge >= 0.3 is 0 Å². The van der Waals surface area contributed by atoms with E-state index in [0.717, 1.165) is 21.0 Å². The number of amides is 2. The van der Waals surface area contributed by atoms with E-state index in [0.29, 0.717) is 27.8 Å². The Balaban J connectivity index is 1.75. The summed E-state index contributed by atoms with van der Waals surface area (Å²) in [5.41, 5.74) is 8.13. The van der Waals surface area contributed by atoms with Gasteiger partial charge in [0.1, 0.15) is 10.0 Å². The average molecular weight is 432 g/mol. The van der Waals surface area contributed by atoms with Gasteiger partial charge in [0.2, 0.25) is 5.91 Å². The molecule has 2 amide bonds. The van der Waals surface area contributed by atoms with Crippen LogP contribution in [0.2, 0.25) is 0 Å². The molecular formula is C20H21N3O4S2. The van der Waals surface area contributed by atoms with Crippen LogP contribution in [0.25, 0.3) is 10.6 Å². The predicted octanol–water partition coefficient (Wildman–Crippen LogP) is 3.79. The Hall–Kier alpha value is -2.91. The molecule has 7 nitrogen and oxygen atoms in total. The van der Waals surface area contributed by atoms with Crippen molar-refractivity contribution >= 4 is 39.5 Å². The number of nitrogens with one attached hydrogen (secondary N) is 1. The van der Waals surface area contributed by atoms with Gasteiger partial charge in [-0.2, -0.15) is 0 Å². The minimum atomic E-state index is -0.549. The summed E-state index contributed by atoms with van der Waals surface area (Å²) < 4.78 is 10.6. The molecule has 29 heavy (non-hydrogen) atoms. The number of thiazole rings is 1. The van der Waals surface area contributed by atoms with Gasteiger partial charge in [-0.1, -0.05) is 0 Å². The fourth-order valence-corrected chi connectivity index (χ4v) is 4.74. The van der Waals surface area contributed by atoms with Gasteiger partial charge in [0.15, 0.2) is 11.5 Å². The highest BCUT2D eigenvalue weighted by Crippen LogP contribution is 2.34. The van der Waals surface area contributed by atoms with E-state index in [1.807, 2.05) is 37.4 Å². The Morgan fingerprint density at radius 2 is 1.90 bits per heavy atom. The minimum Gasteiger partial charge on any atom is -0.493 e. The number of aryl methyl sites for hydroxylation is 1. The molecule has 3 N–H and O–H groups in total. The first-order chi connectivity index (χ1) is 13.8. The molecule has 0 unspecified atom stereocenters. The van der Waals surface area contributed by atoms with Crippen LogP contribution in [0.3, 0.4) is 0 Å². The molecule has 2 aromatic heterocycles. The number of nitrogens with two attached hydrogens (primary N) is 1. The molecule has 1 aromatic carbocycles. The molecule has 0 saturated carbocycles. The zero-order valence-corrected chi connectivity index (χ0v) is 18.1. The molecule has 3 rings (SSSR count). The second kappa shape index (κ2) is 8.62. The van der Waals surface area contributed by atoms with E-state index in [1.165, 1.54) is 22.7 Å². The highest BCUT2D eigenvalue weighted by atomic mass is 32.1. The van der Waals surface area contributed by atoms with Crippen molar-refractivity contribution in [1.82, 2.24) is 4.98 Å². The van der Waals surface area contributed by atoms with E-state index < -0.39 is 5.91 Å². The van der Waals surface area contributed by atoms with Crippen LogP contribution in [0.15, 0.2) is 23.6 Å². The standard InChI is InChI=1S/C20H21N3O4S2/c1-10-11(2)29-20(17(10)18(21)25)23-16(24)8-13-9-28-19(22-13)12-5-6-14(26-3)15(7-12)27-4/h5-7,9H,8H2,1-4H3,(H2,21,25)(H,23,24). The maximum Gasteiger partial charge on any atom is 0.251 e. The van der Waals surface area contributed by atoms with Crippen molar-refractivity contribution in [2.24, 2.45) is 5.73 Å². The molecule has 0 saturated heterocycles. The first kappa shape index (κ1) is 20.8. The summed E-state index contributed by atoms with van der Waals surface area (Å²) in [7, 11) is 3.16. The summed E-state index contributed by atoms with van der Waals surface area (Å²) >= 11 is 2.78. The van der Waals surface area contributed by atoms with Crippen LogP contribution in [-0.2, 0) is 11.2 Å². The number of carbonyl (C=O) groups is 2. The fourth-order valence-electron chi connectivity index (χ4n) is 2.84. The number of hydrogen-bond donors (Lipinski definition) is 2. The molecule has 0 aliphatic rings. The van der Waals surface area contributed by atoms with Crippen molar-refractivity contribution in [2.45, 2.75) is 20.3 Å². The Labute approximate surface area is 176 Å². The molecule has 2 heterocycles. The summed E-state index contributed by atoms with van der Waals surface area (Å²) in [5, 5.41) is 5.88. The third-order valence-electron chi connectivity index (χ3n) is 4.41. The number of primary amides is 1. The zero-order valence-electron chi connectivity index (χ0n) is 16.5. The fraction of sp³-hybridized carbons (Fsp3) is 0.250. The van der Waals surface area contributed by atoms with Crippen LogP contribution in [0.4, 0.5) is 5.00 Å². The average Bonchev–Trinajstić information content (AvgIpc) is 3.25. The molecule has 0 atom stereocenters. The van der Waals surface area contributed by atoms with Crippen LogP contribution in [0.1, 0.15) is 26.5 Å². The topological polar surface area (TPSA) is 104 Å². The largest absolute Gasteiger partial charge is 0.493 e. The Kier molecular flexibility index (Phi) is 6.19.